The Morgan fingerprint density at radius 3 is 2.67 bits per heavy atom. The van der Waals surface area contributed by atoms with Gasteiger partial charge in [-0.05, 0) is 46.5 Å². The summed E-state index contributed by atoms with van der Waals surface area (Å²) in [5.41, 5.74) is 7.86. The molecule has 0 aliphatic heterocycles. The highest BCUT2D eigenvalue weighted by Gasteiger charge is 2.18. The summed E-state index contributed by atoms with van der Waals surface area (Å²) in [7, 11) is 0. The lowest BCUT2D eigenvalue weighted by Gasteiger charge is -2.12. The average molecular weight is 354 g/mol. The topological polar surface area (TPSA) is 43.8 Å². The van der Waals surface area contributed by atoms with Crippen LogP contribution in [0, 0.1) is 11.7 Å². The van der Waals surface area contributed by atoms with Crippen molar-refractivity contribution in [1.82, 2.24) is 9.55 Å². The SMILES string of the molecule is CCCc1nc(-c2ccc(F)cc2Br)c(N)n1CC(C)C. The quantitative estimate of drug-likeness (QED) is 0.850. The number of aryl methyl sites for hydroxylation is 1. The first-order chi connectivity index (χ1) is 9.93. The molecule has 0 bridgehead atoms. The number of hydrogen-bond acceptors (Lipinski definition) is 2. The fourth-order valence-corrected chi connectivity index (χ4v) is 2.92. The molecule has 0 fully saturated rings. The molecule has 0 atom stereocenters. The first-order valence-electron chi connectivity index (χ1n) is 7.24. The van der Waals surface area contributed by atoms with Crippen molar-refractivity contribution < 1.29 is 4.39 Å². The van der Waals surface area contributed by atoms with Gasteiger partial charge in [0.1, 0.15) is 23.2 Å². The fraction of sp³-hybridized carbons (Fsp3) is 0.438. The Kier molecular flexibility index (Phi) is 5.04. The summed E-state index contributed by atoms with van der Waals surface area (Å²) in [6, 6.07) is 4.59. The zero-order chi connectivity index (χ0) is 15.6. The molecule has 5 heteroatoms. The Labute approximate surface area is 133 Å². The molecule has 21 heavy (non-hydrogen) atoms. The van der Waals surface area contributed by atoms with Gasteiger partial charge in [0.15, 0.2) is 0 Å². The number of nitrogens with zero attached hydrogens (tertiary/aromatic N) is 2. The summed E-state index contributed by atoms with van der Waals surface area (Å²) in [4.78, 5) is 4.70. The van der Waals surface area contributed by atoms with Crippen LogP contribution in [0.15, 0.2) is 22.7 Å². The van der Waals surface area contributed by atoms with Crippen molar-refractivity contribution >= 4 is 21.7 Å². The number of halogens is 2. The molecule has 1 aromatic carbocycles. The van der Waals surface area contributed by atoms with Crippen LogP contribution in [0.1, 0.15) is 33.0 Å². The van der Waals surface area contributed by atoms with E-state index in [-0.39, 0.29) is 5.82 Å². The third kappa shape index (κ3) is 3.46. The predicted octanol–water partition coefficient (Wildman–Crippen LogP) is 4.64. The molecule has 1 aromatic heterocycles. The van der Waals surface area contributed by atoms with E-state index in [1.54, 1.807) is 6.07 Å². The maximum Gasteiger partial charge on any atom is 0.131 e. The molecule has 0 radical (unpaired) electrons. The molecule has 114 valence electrons. The van der Waals surface area contributed by atoms with E-state index in [9.17, 15) is 4.39 Å². The van der Waals surface area contributed by atoms with E-state index < -0.39 is 0 Å². The molecule has 0 amide bonds. The highest BCUT2D eigenvalue weighted by atomic mass is 79.9. The fourth-order valence-electron chi connectivity index (χ4n) is 2.38. The van der Waals surface area contributed by atoms with Crippen molar-refractivity contribution in [3.05, 3.63) is 34.3 Å². The standard InChI is InChI=1S/C16H21BrFN3/c1-4-5-14-20-15(16(19)21(14)9-10(2)3)12-7-6-11(18)8-13(12)17/h6-8,10H,4-5,9,19H2,1-3H3. The minimum Gasteiger partial charge on any atom is -0.383 e. The van der Waals surface area contributed by atoms with Gasteiger partial charge in [0, 0.05) is 23.0 Å². The van der Waals surface area contributed by atoms with Crippen molar-refractivity contribution in [2.75, 3.05) is 5.73 Å². The number of nitrogen functional groups attached to an aromatic ring is 1. The Morgan fingerprint density at radius 2 is 2.10 bits per heavy atom. The summed E-state index contributed by atoms with van der Waals surface area (Å²) < 4.78 is 16.0. The summed E-state index contributed by atoms with van der Waals surface area (Å²) in [5, 5.41) is 0. The van der Waals surface area contributed by atoms with Gasteiger partial charge in [0.05, 0.1) is 0 Å². The Morgan fingerprint density at radius 1 is 1.38 bits per heavy atom. The highest BCUT2D eigenvalue weighted by molar-refractivity contribution is 9.10. The van der Waals surface area contributed by atoms with Gasteiger partial charge in [-0.15, -0.1) is 0 Å². The maximum absolute atomic E-state index is 13.3. The molecule has 2 rings (SSSR count). The van der Waals surface area contributed by atoms with E-state index in [2.05, 4.69) is 41.3 Å². The number of rotatable bonds is 5. The highest BCUT2D eigenvalue weighted by Crippen LogP contribution is 2.33. The van der Waals surface area contributed by atoms with Gasteiger partial charge in [-0.1, -0.05) is 20.8 Å². The van der Waals surface area contributed by atoms with Gasteiger partial charge < -0.3 is 10.3 Å². The summed E-state index contributed by atoms with van der Waals surface area (Å²) in [6.45, 7) is 7.27. The maximum atomic E-state index is 13.3. The Bertz CT molecular complexity index is 635. The van der Waals surface area contributed by atoms with Crippen LogP contribution in [0.4, 0.5) is 10.2 Å². The monoisotopic (exact) mass is 353 g/mol. The largest absolute Gasteiger partial charge is 0.383 e. The van der Waals surface area contributed by atoms with Crippen LogP contribution >= 0.6 is 15.9 Å². The summed E-state index contributed by atoms with van der Waals surface area (Å²) in [5.74, 6) is 1.86. The lowest BCUT2D eigenvalue weighted by Crippen LogP contribution is -2.11. The van der Waals surface area contributed by atoms with Crippen LogP contribution in [0.25, 0.3) is 11.3 Å². The molecule has 0 saturated carbocycles. The molecule has 3 nitrogen and oxygen atoms in total. The number of imidazole rings is 1. The molecule has 2 N–H and O–H groups in total. The Hall–Kier alpha value is -1.36. The van der Waals surface area contributed by atoms with Crippen LogP contribution in [-0.4, -0.2) is 9.55 Å². The van der Waals surface area contributed by atoms with E-state index in [0.717, 1.165) is 36.5 Å². The molecule has 0 aliphatic carbocycles. The van der Waals surface area contributed by atoms with Crippen molar-refractivity contribution in [2.24, 2.45) is 5.92 Å². The third-order valence-electron chi connectivity index (χ3n) is 3.29. The predicted molar refractivity (Wildman–Crippen MR) is 88.6 cm³/mol. The second kappa shape index (κ2) is 6.60. The average Bonchev–Trinajstić information content (AvgIpc) is 2.68. The molecule has 0 unspecified atom stereocenters. The van der Waals surface area contributed by atoms with Crippen molar-refractivity contribution in [3.63, 3.8) is 0 Å². The molecular weight excluding hydrogens is 333 g/mol. The lowest BCUT2D eigenvalue weighted by atomic mass is 10.1. The first-order valence-corrected chi connectivity index (χ1v) is 8.03. The van der Waals surface area contributed by atoms with Gasteiger partial charge in [-0.3, -0.25) is 0 Å². The van der Waals surface area contributed by atoms with Gasteiger partial charge in [0.2, 0.25) is 0 Å². The zero-order valence-corrected chi connectivity index (χ0v) is 14.2. The van der Waals surface area contributed by atoms with E-state index in [0.29, 0.717) is 16.2 Å². The van der Waals surface area contributed by atoms with Crippen molar-refractivity contribution in [1.29, 1.82) is 0 Å². The second-order valence-corrected chi connectivity index (χ2v) is 6.49. The molecule has 0 saturated heterocycles. The number of nitrogens with two attached hydrogens (primary N) is 1. The smallest absolute Gasteiger partial charge is 0.131 e. The molecule has 1 heterocycles. The molecule has 2 aromatic rings. The second-order valence-electron chi connectivity index (χ2n) is 5.64. The number of benzene rings is 1. The third-order valence-corrected chi connectivity index (χ3v) is 3.95. The minimum absolute atomic E-state index is 0.278. The zero-order valence-electron chi connectivity index (χ0n) is 12.7. The van der Waals surface area contributed by atoms with Gasteiger partial charge in [-0.25, -0.2) is 9.37 Å². The first kappa shape index (κ1) is 16.0. The van der Waals surface area contributed by atoms with E-state index in [4.69, 9.17) is 10.7 Å². The van der Waals surface area contributed by atoms with E-state index in [1.165, 1.54) is 12.1 Å². The van der Waals surface area contributed by atoms with E-state index >= 15 is 0 Å². The van der Waals surface area contributed by atoms with Crippen LogP contribution in [0.3, 0.4) is 0 Å². The van der Waals surface area contributed by atoms with Crippen molar-refractivity contribution in [3.8, 4) is 11.3 Å². The number of hydrogen-bond donors (Lipinski definition) is 1. The van der Waals surface area contributed by atoms with Crippen LogP contribution in [0.5, 0.6) is 0 Å². The summed E-state index contributed by atoms with van der Waals surface area (Å²) in [6.07, 6.45) is 1.90. The van der Waals surface area contributed by atoms with Crippen LogP contribution in [0.2, 0.25) is 0 Å². The molecular formula is C16H21BrFN3. The number of anilines is 1. The van der Waals surface area contributed by atoms with Gasteiger partial charge in [0.25, 0.3) is 0 Å². The lowest BCUT2D eigenvalue weighted by molar-refractivity contribution is 0.510. The van der Waals surface area contributed by atoms with Crippen molar-refractivity contribution in [2.45, 2.75) is 40.2 Å². The Balaban J connectivity index is 2.53. The molecule has 0 spiro atoms. The molecule has 0 aliphatic rings. The van der Waals surface area contributed by atoms with E-state index in [1.807, 2.05) is 0 Å². The number of aromatic nitrogens is 2. The minimum atomic E-state index is -0.278. The normalized spacial score (nSPS) is 11.3. The van der Waals surface area contributed by atoms with Gasteiger partial charge >= 0.3 is 0 Å². The van der Waals surface area contributed by atoms with Crippen LogP contribution < -0.4 is 5.73 Å². The van der Waals surface area contributed by atoms with Crippen LogP contribution in [-0.2, 0) is 13.0 Å². The summed E-state index contributed by atoms with van der Waals surface area (Å²) >= 11 is 3.40. The van der Waals surface area contributed by atoms with Gasteiger partial charge in [-0.2, -0.15) is 0 Å².